The number of hydrogen-bond donors (Lipinski definition) is 2. The number of para-hydroxylation sites is 1. The number of H-pyrrole nitrogens is 1. The van der Waals surface area contributed by atoms with Crippen LogP contribution < -0.4 is 16.0 Å². The summed E-state index contributed by atoms with van der Waals surface area (Å²) in [6, 6.07) is 13.9. The quantitative estimate of drug-likeness (QED) is 0.553. The van der Waals surface area contributed by atoms with Crippen molar-refractivity contribution in [3.63, 3.8) is 0 Å². The lowest BCUT2D eigenvalue weighted by molar-refractivity contribution is 0.100. The lowest BCUT2D eigenvalue weighted by atomic mass is 10.2. The van der Waals surface area contributed by atoms with Crippen LogP contribution in [0.15, 0.2) is 53.3 Å². The Labute approximate surface area is 158 Å². The third kappa shape index (κ3) is 3.13. The predicted molar refractivity (Wildman–Crippen MR) is 102 cm³/mol. The number of hydrogen-bond acceptors (Lipinski definition) is 4. The van der Waals surface area contributed by atoms with E-state index in [2.05, 4.69) is 10.1 Å². The second-order valence-corrected chi connectivity index (χ2v) is 6.41. The molecule has 2 aromatic heterocycles. The monoisotopic (exact) mass is 382 g/mol. The minimum atomic E-state index is -0.655. The SMILES string of the molecule is NC(=O)c1c(CCOc2ccc(Cl)cc2)[nH]n2c(=O)c3ccccc3nc12. The molecule has 0 bridgehead atoms. The molecule has 0 aliphatic carbocycles. The molecule has 27 heavy (non-hydrogen) atoms. The summed E-state index contributed by atoms with van der Waals surface area (Å²) in [5, 5.41) is 4.01. The van der Waals surface area contributed by atoms with E-state index in [-0.39, 0.29) is 23.4 Å². The Kier molecular flexibility index (Phi) is 4.29. The molecule has 1 amide bonds. The standard InChI is InChI=1S/C19H15ClN4O3/c20-11-5-7-12(8-6-11)27-10-9-15-16(17(21)25)18-22-14-4-2-1-3-13(14)19(26)24(18)23-15/h1-8,23H,9-10H2,(H2,21,25). The minimum Gasteiger partial charge on any atom is -0.493 e. The molecule has 4 aromatic rings. The molecule has 2 heterocycles. The van der Waals surface area contributed by atoms with Gasteiger partial charge in [-0.3, -0.25) is 14.7 Å². The van der Waals surface area contributed by atoms with E-state index < -0.39 is 5.91 Å². The summed E-state index contributed by atoms with van der Waals surface area (Å²) >= 11 is 5.85. The van der Waals surface area contributed by atoms with Crippen molar-refractivity contribution in [1.82, 2.24) is 14.6 Å². The van der Waals surface area contributed by atoms with Crippen LogP contribution in [0.5, 0.6) is 5.75 Å². The van der Waals surface area contributed by atoms with E-state index in [0.29, 0.717) is 33.8 Å². The molecule has 0 aliphatic rings. The van der Waals surface area contributed by atoms with Gasteiger partial charge < -0.3 is 10.5 Å². The van der Waals surface area contributed by atoms with Crippen molar-refractivity contribution in [3.8, 4) is 5.75 Å². The van der Waals surface area contributed by atoms with E-state index in [1.54, 1.807) is 48.5 Å². The molecule has 7 nitrogen and oxygen atoms in total. The molecular formula is C19H15ClN4O3. The number of ether oxygens (including phenoxy) is 1. The molecule has 0 unspecified atom stereocenters. The summed E-state index contributed by atoms with van der Waals surface area (Å²) in [6.07, 6.45) is 0.347. The Bertz CT molecular complexity index is 1210. The van der Waals surface area contributed by atoms with Gasteiger partial charge in [0.25, 0.3) is 11.5 Å². The highest BCUT2D eigenvalue weighted by Gasteiger charge is 2.20. The van der Waals surface area contributed by atoms with E-state index >= 15 is 0 Å². The number of carbonyl (C=O) groups is 1. The zero-order valence-corrected chi connectivity index (χ0v) is 14.9. The van der Waals surface area contributed by atoms with Gasteiger partial charge >= 0.3 is 0 Å². The number of nitrogens with zero attached hydrogens (tertiary/aromatic N) is 2. The fourth-order valence-corrected chi connectivity index (χ4v) is 3.10. The van der Waals surface area contributed by atoms with Crippen molar-refractivity contribution in [3.05, 3.63) is 75.2 Å². The van der Waals surface area contributed by atoms with Gasteiger partial charge in [-0.1, -0.05) is 23.7 Å². The maximum Gasteiger partial charge on any atom is 0.280 e. The van der Waals surface area contributed by atoms with Gasteiger partial charge in [-0.15, -0.1) is 0 Å². The molecule has 0 saturated carbocycles. The average Bonchev–Trinajstić information content (AvgIpc) is 3.02. The molecular weight excluding hydrogens is 368 g/mol. The number of halogens is 1. The Morgan fingerprint density at radius 2 is 1.93 bits per heavy atom. The summed E-state index contributed by atoms with van der Waals surface area (Å²) in [7, 11) is 0. The van der Waals surface area contributed by atoms with Crippen molar-refractivity contribution >= 4 is 34.1 Å². The largest absolute Gasteiger partial charge is 0.493 e. The van der Waals surface area contributed by atoms with Gasteiger partial charge in [0.2, 0.25) is 0 Å². The Morgan fingerprint density at radius 3 is 2.67 bits per heavy atom. The van der Waals surface area contributed by atoms with Crippen molar-refractivity contribution in [1.29, 1.82) is 0 Å². The van der Waals surface area contributed by atoms with Gasteiger partial charge in [-0.25, -0.2) is 9.50 Å². The first-order chi connectivity index (χ1) is 13.0. The highest BCUT2D eigenvalue weighted by molar-refractivity contribution is 6.30. The third-order valence-corrected chi connectivity index (χ3v) is 4.48. The molecule has 3 N–H and O–H groups in total. The molecule has 0 fully saturated rings. The smallest absolute Gasteiger partial charge is 0.280 e. The Hall–Kier alpha value is -3.32. The van der Waals surface area contributed by atoms with E-state index in [4.69, 9.17) is 22.1 Å². The van der Waals surface area contributed by atoms with Crippen LogP contribution in [0.25, 0.3) is 16.6 Å². The van der Waals surface area contributed by atoms with Crippen LogP contribution in [0.3, 0.4) is 0 Å². The molecule has 0 aliphatic heterocycles. The Balaban J connectivity index is 1.71. The number of nitrogens with one attached hydrogen (secondary N) is 1. The maximum atomic E-state index is 12.7. The van der Waals surface area contributed by atoms with Gasteiger partial charge in [0.1, 0.15) is 11.3 Å². The second-order valence-electron chi connectivity index (χ2n) is 5.98. The first-order valence-corrected chi connectivity index (χ1v) is 8.63. The Morgan fingerprint density at radius 1 is 1.19 bits per heavy atom. The highest BCUT2D eigenvalue weighted by atomic mass is 35.5. The van der Waals surface area contributed by atoms with E-state index in [0.717, 1.165) is 0 Å². The van der Waals surface area contributed by atoms with E-state index in [1.165, 1.54) is 4.52 Å². The van der Waals surface area contributed by atoms with Crippen LogP contribution in [-0.4, -0.2) is 27.1 Å². The number of benzene rings is 2. The second kappa shape index (κ2) is 6.77. The van der Waals surface area contributed by atoms with Crippen LogP contribution in [0, 0.1) is 0 Å². The van der Waals surface area contributed by atoms with E-state index in [9.17, 15) is 9.59 Å². The normalized spacial score (nSPS) is 11.1. The fraction of sp³-hybridized carbons (Fsp3) is 0.105. The van der Waals surface area contributed by atoms with Crippen LogP contribution in [-0.2, 0) is 6.42 Å². The van der Waals surface area contributed by atoms with Crippen LogP contribution in [0.2, 0.25) is 5.02 Å². The number of amides is 1. The molecule has 136 valence electrons. The number of primary amides is 1. The van der Waals surface area contributed by atoms with Crippen molar-refractivity contribution in [2.45, 2.75) is 6.42 Å². The van der Waals surface area contributed by atoms with E-state index in [1.807, 2.05) is 0 Å². The average molecular weight is 383 g/mol. The van der Waals surface area contributed by atoms with Gasteiger partial charge in [-0.2, -0.15) is 0 Å². The number of fused-ring (bicyclic) bond motifs is 2. The molecule has 0 radical (unpaired) electrons. The van der Waals surface area contributed by atoms with Crippen LogP contribution in [0.1, 0.15) is 16.1 Å². The molecule has 8 heteroatoms. The number of aromatic nitrogens is 3. The number of aromatic amines is 1. The molecule has 2 aromatic carbocycles. The summed E-state index contributed by atoms with van der Waals surface area (Å²) in [6.45, 7) is 0.281. The first-order valence-electron chi connectivity index (χ1n) is 8.25. The van der Waals surface area contributed by atoms with Gasteiger partial charge in [0.05, 0.1) is 23.2 Å². The first kappa shape index (κ1) is 17.1. The number of nitrogens with two attached hydrogens (primary N) is 1. The lowest BCUT2D eigenvalue weighted by Crippen LogP contribution is -2.17. The minimum absolute atomic E-state index is 0.192. The zero-order chi connectivity index (χ0) is 19.0. The zero-order valence-electron chi connectivity index (χ0n) is 14.1. The van der Waals surface area contributed by atoms with Gasteiger partial charge in [0.15, 0.2) is 5.65 Å². The summed E-state index contributed by atoms with van der Waals surface area (Å²) < 4.78 is 6.91. The summed E-state index contributed by atoms with van der Waals surface area (Å²) in [5.74, 6) is -0.00501. The van der Waals surface area contributed by atoms with Crippen molar-refractivity contribution in [2.75, 3.05) is 6.61 Å². The number of carbonyl (C=O) groups excluding carboxylic acids is 1. The van der Waals surface area contributed by atoms with Gasteiger partial charge in [-0.05, 0) is 36.4 Å². The topological polar surface area (TPSA) is 102 Å². The third-order valence-electron chi connectivity index (χ3n) is 4.23. The molecule has 0 spiro atoms. The molecule has 0 atom stereocenters. The van der Waals surface area contributed by atoms with Crippen molar-refractivity contribution in [2.24, 2.45) is 5.73 Å². The summed E-state index contributed by atoms with van der Waals surface area (Å²) in [5.41, 5.74) is 6.67. The highest BCUT2D eigenvalue weighted by Crippen LogP contribution is 2.18. The lowest BCUT2D eigenvalue weighted by Gasteiger charge is -2.05. The number of rotatable bonds is 5. The maximum absolute atomic E-state index is 12.7. The van der Waals surface area contributed by atoms with Crippen LogP contribution in [0.4, 0.5) is 0 Å². The fourth-order valence-electron chi connectivity index (χ4n) is 2.97. The summed E-state index contributed by atoms with van der Waals surface area (Å²) in [4.78, 5) is 29.1. The molecule has 4 rings (SSSR count). The van der Waals surface area contributed by atoms with Crippen molar-refractivity contribution < 1.29 is 9.53 Å². The predicted octanol–water partition coefficient (Wildman–Crippen LogP) is 2.55. The molecule has 0 saturated heterocycles. The van der Waals surface area contributed by atoms with Crippen LogP contribution >= 0.6 is 11.6 Å². The van der Waals surface area contributed by atoms with Gasteiger partial charge in [0, 0.05) is 11.4 Å².